The van der Waals surface area contributed by atoms with Gasteiger partial charge in [0.15, 0.2) is 0 Å². The van der Waals surface area contributed by atoms with Gasteiger partial charge in [-0.25, -0.2) is 0 Å². The van der Waals surface area contributed by atoms with Gasteiger partial charge in [-0.2, -0.15) is 0 Å². The van der Waals surface area contributed by atoms with Gasteiger partial charge in [0.1, 0.15) is 0 Å². The first kappa shape index (κ1) is 53.4. The maximum Gasteiger partial charge on any atom is 0.0540 e. The van der Waals surface area contributed by atoms with Gasteiger partial charge >= 0.3 is 0 Å². The fraction of sp³-hybridized carbons (Fsp3) is 0. The second kappa shape index (κ2) is 22.1. The third kappa shape index (κ3) is 9.14. The minimum atomic E-state index is 1.16. The van der Waals surface area contributed by atoms with Crippen LogP contribution in [0.4, 0.5) is 0 Å². The summed E-state index contributed by atoms with van der Waals surface area (Å²) < 4.78 is 3.70. The molecule has 0 amide bonds. The lowest BCUT2D eigenvalue weighted by atomic mass is 9.85. The molecule has 0 aliphatic carbocycles. The molecule has 0 radical (unpaired) electrons. The standard InChI is InChI=1S/C48H31N.C42H26S/c1-3-10-32(11-4-1)33-18-20-34(21-19-33)43-31-44(42-29-27-38-14-9-13-37-26-28-41(43)48(42)47(37)38)35-22-24-36(25-23-35)46-30-39-12-7-8-17-45(39)49(46)40-15-5-2-6-16-40;1-2-7-27(8-3-1)28-13-15-29(16-14-28)37-26-38(36-24-22-33-11-6-10-32-21-23-35(37)42(36)41(32)33)30-17-19-31(20-18-30)40-25-34-9-4-5-12-39(34)43-40/h1-31H;1-26H. The van der Waals surface area contributed by atoms with Gasteiger partial charge in [-0.05, 0) is 196 Å². The highest BCUT2D eigenvalue weighted by molar-refractivity contribution is 7.22. The van der Waals surface area contributed by atoms with Crippen LogP contribution < -0.4 is 0 Å². The Hall–Kier alpha value is -11.7. The van der Waals surface area contributed by atoms with E-state index < -0.39 is 0 Å². The zero-order valence-electron chi connectivity index (χ0n) is 50.3. The van der Waals surface area contributed by atoms with Crippen LogP contribution in [0, 0.1) is 0 Å². The van der Waals surface area contributed by atoms with Crippen LogP contribution in [0.5, 0.6) is 0 Å². The van der Waals surface area contributed by atoms with Gasteiger partial charge in [-0.3, -0.25) is 0 Å². The molecule has 92 heavy (non-hydrogen) atoms. The Morgan fingerprint density at radius 1 is 0.207 bits per heavy atom. The normalized spacial score (nSPS) is 11.7. The molecular weight excluding hydrogens is 1130 g/mol. The fourth-order valence-corrected chi connectivity index (χ4v) is 15.6. The van der Waals surface area contributed by atoms with Gasteiger partial charge < -0.3 is 4.57 Å². The average Bonchev–Trinajstić information content (AvgIpc) is 0.933. The molecule has 1 nitrogen and oxygen atoms in total. The second-order valence-corrected chi connectivity index (χ2v) is 25.3. The summed E-state index contributed by atoms with van der Waals surface area (Å²) in [6, 6.07) is 127. The van der Waals surface area contributed by atoms with Crippen LogP contribution in [-0.2, 0) is 0 Å². The Morgan fingerprint density at radius 2 is 0.554 bits per heavy atom. The number of benzene rings is 17. The van der Waals surface area contributed by atoms with E-state index in [2.05, 4.69) is 350 Å². The van der Waals surface area contributed by atoms with E-state index in [1.54, 1.807) is 0 Å². The number of aromatic nitrogens is 1. The SMILES string of the molecule is c1ccc(-c2ccc(-c3cc(-c4ccc(-c5cc6ccccc6n5-c5ccccc5)cc4)c4ccc5cccc6ccc3c4c65)cc2)cc1.c1ccc(-c2ccc(-c3cc(-c4ccc(-c5cc6ccccc6s5)cc4)c4ccc5cccc6ccc3c4c65)cc2)cc1. The minimum Gasteiger partial charge on any atom is -0.309 e. The lowest BCUT2D eigenvalue weighted by Crippen LogP contribution is -1.96. The highest BCUT2D eigenvalue weighted by Gasteiger charge is 2.21. The molecule has 0 N–H and O–H groups in total. The van der Waals surface area contributed by atoms with Crippen molar-refractivity contribution in [1.29, 1.82) is 0 Å². The first-order valence-electron chi connectivity index (χ1n) is 31.7. The number of thiophene rings is 1. The molecule has 2 heterocycles. The fourth-order valence-electron chi connectivity index (χ4n) is 14.5. The average molecular weight is 1180 g/mol. The van der Waals surface area contributed by atoms with Gasteiger partial charge in [0.25, 0.3) is 0 Å². The van der Waals surface area contributed by atoms with Crippen molar-refractivity contribution in [2.24, 2.45) is 0 Å². The molecule has 0 spiro atoms. The first-order valence-corrected chi connectivity index (χ1v) is 32.5. The predicted octanol–water partition coefficient (Wildman–Crippen LogP) is 25.7. The Bertz CT molecular complexity index is 5860. The van der Waals surface area contributed by atoms with E-state index in [-0.39, 0.29) is 0 Å². The van der Waals surface area contributed by atoms with Crippen LogP contribution in [0.15, 0.2) is 346 Å². The summed E-state index contributed by atoms with van der Waals surface area (Å²) in [5, 5.41) is 18.2. The maximum absolute atomic E-state index is 2.41. The highest BCUT2D eigenvalue weighted by atomic mass is 32.1. The van der Waals surface area contributed by atoms with E-state index >= 15 is 0 Å². The van der Waals surface area contributed by atoms with Crippen molar-refractivity contribution in [2.45, 2.75) is 0 Å². The van der Waals surface area contributed by atoms with Gasteiger partial charge in [-0.15, -0.1) is 11.3 Å². The van der Waals surface area contributed by atoms with Gasteiger partial charge in [0, 0.05) is 20.7 Å². The number of fused-ring (bicyclic) bond motifs is 2. The Balaban J connectivity index is 0.000000137. The molecule has 0 atom stereocenters. The smallest absolute Gasteiger partial charge is 0.0540 e. The maximum atomic E-state index is 2.41. The van der Waals surface area contributed by atoms with Gasteiger partial charge in [0.2, 0.25) is 0 Å². The molecule has 0 unspecified atom stereocenters. The quantitative estimate of drug-likeness (QED) is 0.127. The number of para-hydroxylation sites is 2. The van der Waals surface area contributed by atoms with Crippen molar-refractivity contribution < 1.29 is 0 Å². The molecule has 2 heteroatoms. The third-order valence-electron chi connectivity index (χ3n) is 19.0. The zero-order valence-corrected chi connectivity index (χ0v) is 51.1. The Kier molecular flexibility index (Phi) is 12.8. The van der Waals surface area contributed by atoms with Crippen LogP contribution in [-0.4, -0.2) is 4.57 Å². The molecule has 0 saturated carbocycles. The first-order chi connectivity index (χ1) is 45.6. The lowest BCUT2D eigenvalue weighted by Gasteiger charge is -2.18. The van der Waals surface area contributed by atoms with Crippen LogP contribution >= 0.6 is 11.3 Å². The molecule has 19 aromatic rings. The summed E-state index contributed by atoms with van der Waals surface area (Å²) in [6.07, 6.45) is 0. The van der Waals surface area contributed by atoms with Crippen molar-refractivity contribution in [3.63, 3.8) is 0 Å². The molecule has 0 aliphatic heterocycles. The van der Waals surface area contributed by atoms with E-state index in [9.17, 15) is 0 Å². The summed E-state index contributed by atoms with van der Waals surface area (Å²) in [6.45, 7) is 0. The summed E-state index contributed by atoms with van der Waals surface area (Å²) in [4.78, 5) is 1.31. The number of nitrogens with zero attached hydrogens (tertiary/aromatic N) is 1. The van der Waals surface area contributed by atoms with Crippen molar-refractivity contribution in [3.8, 4) is 94.1 Å². The number of rotatable bonds is 9. The van der Waals surface area contributed by atoms with Crippen molar-refractivity contribution in [2.75, 3.05) is 0 Å². The molecule has 0 aliphatic rings. The summed E-state index contributed by atoms with van der Waals surface area (Å²) in [5.41, 5.74) is 20.9. The van der Waals surface area contributed by atoms with Crippen molar-refractivity contribution in [3.05, 3.63) is 346 Å². The second-order valence-electron chi connectivity index (χ2n) is 24.3. The van der Waals surface area contributed by atoms with Crippen LogP contribution in [0.3, 0.4) is 0 Å². The van der Waals surface area contributed by atoms with E-state index in [0.29, 0.717) is 0 Å². The Morgan fingerprint density at radius 3 is 1.00 bits per heavy atom. The van der Waals surface area contributed by atoms with Crippen LogP contribution in [0.25, 0.3) is 180 Å². The van der Waals surface area contributed by atoms with E-state index in [4.69, 9.17) is 0 Å². The summed E-state index contributed by atoms with van der Waals surface area (Å²) in [7, 11) is 0. The summed E-state index contributed by atoms with van der Waals surface area (Å²) in [5.74, 6) is 0. The predicted molar refractivity (Wildman–Crippen MR) is 396 cm³/mol. The molecular formula is C90H57NS. The number of hydrogen-bond donors (Lipinski definition) is 0. The molecule has 19 rings (SSSR count). The highest BCUT2D eigenvalue weighted by Crippen LogP contribution is 2.47. The molecule has 0 fully saturated rings. The number of hydrogen-bond acceptors (Lipinski definition) is 1. The van der Waals surface area contributed by atoms with Gasteiger partial charge in [0.05, 0.1) is 11.2 Å². The molecule has 0 bridgehead atoms. The van der Waals surface area contributed by atoms with Crippen LogP contribution in [0.1, 0.15) is 0 Å². The van der Waals surface area contributed by atoms with E-state index in [0.717, 1.165) is 5.69 Å². The monoisotopic (exact) mass is 1180 g/mol. The van der Waals surface area contributed by atoms with Gasteiger partial charge in [-0.1, -0.05) is 297 Å². The molecule has 17 aromatic carbocycles. The van der Waals surface area contributed by atoms with Crippen molar-refractivity contribution >= 4 is 97.0 Å². The zero-order chi connectivity index (χ0) is 60.6. The van der Waals surface area contributed by atoms with Crippen LogP contribution in [0.2, 0.25) is 0 Å². The molecule has 0 saturated heterocycles. The largest absolute Gasteiger partial charge is 0.309 e. The van der Waals surface area contributed by atoms with E-state index in [1.165, 1.54) is 174 Å². The molecule has 428 valence electrons. The Labute approximate surface area is 537 Å². The topological polar surface area (TPSA) is 4.93 Å². The third-order valence-corrected chi connectivity index (χ3v) is 20.2. The molecule has 2 aromatic heterocycles. The lowest BCUT2D eigenvalue weighted by molar-refractivity contribution is 1.13. The summed E-state index contributed by atoms with van der Waals surface area (Å²) >= 11 is 1.86. The minimum absolute atomic E-state index is 1.16. The van der Waals surface area contributed by atoms with Crippen molar-refractivity contribution in [1.82, 2.24) is 4.57 Å². The van der Waals surface area contributed by atoms with E-state index in [1.807, 2.05) is 11.3 Å².